The summed E-state index contributed by atoms with van der Waals surface area (Å²) >= 11 is 0. The molecule has 10 heteroatoms. The van der Waals surface area contributed by atoms with Crippen LogP contribution >= 0.6 is 0 Å². The normalized spacial score (nSPS) is 21.6. The van der Waals surface area contributed by atoms with Gasteiger partial charge in [-0.1, -0.05) is 20.8 Å². The van der Waals surface area contributed by atoms with E-state index in [1.165, 1.54) is 30.2 Å². The van der Waals surface area contributed by atoms with Crippen molar-refractivity contribution in [1.82, 2.24) is 20.4 Å². The third-order valence-corrected chi connectivity index (χ3v) is 5.87. The van der Waals surface area contributed by atoms with Crippen LogP contribution in [0, 0.1) is 11.2 Å². The molecule has 30 heavy (non-hydrogen) atoms. The summed E-state index contributed by atoms with van der Waals surface area (Å²) in [6, 6.07) is 3.39. The van der Waals surface area contributed by atoms with Gasteiger partial charge in [0.15, 0.2) is 5.69 Å². The molecule has 0 bridgehead atoms. The Labute approximate surface area is 172 Å². The van der Waals surface area contributed by atoms with Crippen LogP contribution in [0.2, 0.25) is 0 Å². The van der Waals surface area contributed by atoms with Gasteiger partial charge >= 0.3 is 12.1 Å². The van der Waals surface area contributed by atoms with Gasteiger partial charge in [0.25, 0.3) is 5.91 Å². The number of rotatable bonds is 4. The highest BCUT2D eigenvalue weighted by Gasteiger charge is 2.56. The van der Waals surface area contributed by atoms with Crippen LogP contribution in [0.1, 0.15) is 44.1 Å². The molecule has 1 saturated heterocycles. The lowest BCUT2D eigenvalue weighted by Gasteiger charge is -2.46. The highest BCUT2D eigenvalue weighted by Crippen LogP contribution is 2.46. The van der Waals surface area contributed by atoms with Gasteiger partial charge in [-0.25, -0.2) is 9.18 Å². The van der Waals surface area contributed by atoms with Crippen LogP contribution in [-0.2, 0) is 9.53 Å². The summed E-state index contributed by atoms with van der Waals surface area (Å²) in [5.74, 6) is -1.58. The van der Waals surface area contributed by atoms with E-state index in [2.05, 4.69) is 15.5 Å². The molecule has 1 fully saturated rings. The van der Waals surface area contributed by atoms with Crippen molar-refractivity contribution >= 4 is 28.9 Å². The maximum absolute atomic E-state index is 13.6. The molecule has 0 spiro atoms. The van der Waals surface area contributed by atoms with Gasteiger partial charge in [0.2, 0.25) is 0 Å². The minimum atomic E-state index is -1.18. The molecule has 2 heterocycles. The van der Waals surface area contributed by atoms with Crippen molar-refractivity contribution in [2.24, 2.45) is 5.41 Å². The Morgan fingerprint density at radius 3 is 2.70 bits per heavy atom. The van der Waals surface area contributed by atoms with Crippen LogP contribution in [0.4, 0.5) is 9.18 Å². The predicted molar refractivity (Wildman–Crippen MR) is 105 cm³/mol. The van der Waals surface area contributed by atoms with Gasteiger partial charge in [-0.05, 0) is 30.0 Å². The number of fused-ring (bicyclic) bond motifs is 1. The number of carbonyl (C=O) groups excluding carboxylic acids is 2. The Hall–Kier alpha value is -3.17. The molecule has 1 aliphatic rings. The molecule has 2 aromatic rings. The van der Waals surface area contributed by atoms with Gasteiger partial charge in [-0.2, -0.15) is 5.10 Å². The van der Waals surface area contributed by atoms with Crippen molar-refractivity contribution in [1.29, 1.82) is 0 Å². The van der Waals surface area contributed by atoms with Gasteiger partial charge in [-0.3, -0.25) is 19.6 Å². The molecule has 2 amide bonds. The zero-order chi connectivity index (χ0) is 22.3. The summed E-state index contributed by atoms with van der Waals surface area (Å²) in [4.78, 5) is 38.1. The fourth-order valence-electron chi connectivity index (χ4n) is 4.20. The van der Waals surface area contributed by atoms with E-state index in [0.29, 0.717) is 10.9 Å². The van der Waals surface area contributed by atoms with E-state index in [0.717, 1.165) is 0 Å². The number of benzene rings is 1. The fraction of sp³-hybridized carbons (Fsp3) is 0.500. The number of H-pyrrole nitrogens is 1. The standard InChI is InChI=1S/C20H25FN4O5/c1-19(2,3)20(9-15(26)30-4)8-12(10-25(20)18(28)29)22-17(27)16-13-7-11(21)5-6-14(13)23-24-16/h5-7,12H,8-10H2,1-4H3,(H,22,27)(H,23,24)(H,28,29)/t12-,20-/m0/s1. The number of carbonyl (C=O) groups is 3. The topological polar surface area (TPSA) is 125 Å². The largest absolute Gasteiger partial charge is 0.469 e. The number of methoxy groups -OCH3 is 1. The fourth-order valence-corrected chi connectivity index (χ4v) is 4.20. The number of ether oxygens (including phenoxy) is 1. The average Bonchev–Trinajstić information content (AvgIpc) is 3.23. The van der Waals surface area contributed by atoms with Crippen molar-refractivity contribution in [2.75, 3.05) is 13.7 Å². The molecule has 1 aliphatic heterocycles. The predicted octanol–water partition coefficient (Wildman–Crippen LogP) is 2.53. The number of nitrogens with zero attached hydrogens (tertiary/aromatic N) is 2. The average molecular weight is 420 g/mol. The minimum Gasteiger partial charge on any atom is -0.469 e. The number of aromatic amines is 1. The number of carboxylic acid groups (broad SMARTS) is 1. The lowest BCUT2D eigenvalue weighted by molar-refractivity contribution is -0.145. The Kier molecular flexibility index (Phi) is 5.44. The molecule has 0 radical (unpaired) electrons. The first-order chi connectivity index (χ1) is 14.0. The van der Waals surface area contributed by atoms with Crippen molar-refractivity contribution in [3.8, 4) is 0 Å². The summed E-state index contributed by atoms with van der Waals surface area (Å²) in [6.07, 6.45) is -1.10. The van der Waals surface area contributed by atoms with E-state index in [1.807, 2.05) is 20.8 Å². The molecular formula is C20H25FN4O5. The minimum absolute atomic E-state index is 0.00601. The van der Waals surface area contributed by atoms with Crippen molar-refractivity contribution in [3.05, 3.63) is 29.7 Å². The van der Waals surface area contributed by atoms with Crippen LogP contribution < -0.4 is 5.32 Å². The van der Waals surface area contributed by atoms with Crippen LogP contribution in [0.25, 0.3) is 10.9 Å². The van der Waals surface area contributed by atoms with E-state index in [-0.39, 0.29) is 25.1 Å². The van der Waals surface area contributed by atoms with Crippen LogP contribution in [0.3, 0.4) is 0 Å². The van der Waals surface area contributed by atoms with E-state index in [9.17, 15) is 23.9 Å². The number of aromatic nitrogens is 2. The number of halogens is 1. The number of esters is 1. The molecular weight excluding hydrogens is 395 g/mol. The first-order valence-corrected chi connectivity index (χ1v) is 9.50. The summed E-state index contributed by atoms with van der Waals surface area (Å²) < 4.78 is 18.4. The third-order valence-electron chi connectivity index (χ3n) is 5.87. The molecule has 0 aliphatic carbocycles. The summed E-state index contributed by atoms with van der Waals surface area (Å²) in [6.45, 7) is 5.55. The Balaban J connectivity index is 1.90. The molecule has 0 saturated carbocycles. The zero-order valence-corrected chi connectivity index (χ0v) is 17.3. The number of nitrogens with one attached hydrogen (secondary N) is 2. The lowest BCUT2D eigenvalue weighted by Crippen LogP contribution is -2.56. The molecule has 3 N–H and O–H groups in total. The molecule has 9 nitrogen and oxygen atoms in total. The number of likely N-dealkylation sites (tertiary alicyclic amines) is 1. The lowest BCUT2D eigenvalue weighted by atomic mass is 9.69. The summed E-state index contributed by atoms with van der Waals surface area (Å²) in [5, 5.41) is 19.6. The highest BCUT2D eigenvalue weighted by atomic mass is 19.1. The Bertz CT molecular complexity index is 999. The number of hydrogen-bond donors (Lipinski definition) is 3. The first kappa shape index (κ1) is 21.5. The van der Waals surface area contributed by atoms with E-state index >= 15 is 0 Å². The smallest absolute Gasteiger partial charge is 0.407 e. The second-order valence-corrected chi connectivity index (χ2v) is 8.56. The maximum atomic E-state index is 13.6. The van der Waals surface area contributed by atoms with Gasteiger partial charge in [0.05, 0.1) is 24.6 Å². The second kappa shape index (κ2) is 7.58. The maximum Gasteiger partial charge on any atom is 0.407 e. The third kappa shape index (κ3) is 3.69. The Morgan fingerprint density at radius 1 is 1.40 bits per heavy atom. The van der Waals surface area contributed by atoms with Crippen LogP contribution in [-0.4, -0.2) is 63.4 Å². The highest BCUT2D eigenvalue weighted by molar-refractivity contribution is 6.04. The quantitative estimate of drug-likeness (QED) is 0.653. The monoisotopic (exact) mass is 420 g/mol. The number of amides is 2. The van der Waals surface area contributed by atoms with Gasteiger partial charge in [0, 0.05) is 18.0 Å². The zero-order valence-electron chi connectivity index (χ0n) is 17.3. The first-order valence-electron chi connectivity index (χ1n) is 9.50. The van der Waals surface area contributed by atoms with Crippen LogP contribution in [0.15, 0.2) is 18.2 Å². The molecule has 3 rings (SSSR count). The summed E-state index contributed by atoms with van der Waals surface area (Å²) in [7, 11) is 1.25. The summed E-state index contributed by atoms with van der Waals surface area (Å²) in [5.41, 5.74) is -1.15. The second-order valence-electron chi connectivity index (χ2n) is 8.56. The van der Waals surface area contributed by atoms with Gasteiger partial charge in [0.1, 0.15) is 5.82 Å². The molecule has 162 valence electrons. The molecule has 2 atom stereocenters. The number of hydrogen-bond acceptors (Lipinski definition) is 5. The van der Waals surface area contributed by atoms with E-state index < -0.39 is 40.8 Å². The van der Waals surface area contributed by atoms with E-state index in [4.69, 9.17) is 4.74 Å². The van der Waals surface area contributed by atoms with Gasteiger partial charge in [-0.15, -0.1) is 0 Å². The van der Waals surface area contributed by atoms with Crippen LogP contribution in [0.5, 0.6) is 0 Å². The molecule has 1 aromatic carbocycles. The molecule has 1 aromatic heterocycles. The van der Waals surface area contributed by atoms with Gasteiger partial charge < -0.3 is 15.2 Å². The van der Waals surface area contributed by atoms with Crippen molar-refractivity contribution < 1.29 is 28.6 Å². The van der Waals surface area contributed by atoms with Crippen molar-refractivity contribution in [3.63, 3.8) is 0 Å². The van der Waals surface area contributed by atoms with E-state index in [1.54, 1.807) is 0 Å². The van der Waals surface area contributed by atoms with Crippen molar-refractivity contribution in [2.45, 2.75) is 45.2 Å². The SMILES string of the molecule is COC(=O)C[C@]1(C(C)(C)C)C[C@H](NC(=O)c2n[nH]c3ccc(F)cc23)CN1C(=O)O. The Morgan fingerprint density at radius 2 is 2.10 bits per heavy atom. The molecule has 0 unspecified atom stereocenters.